The fraction of sp³-hybridized carbons (Fsp3) is 0. The van der Waals surface area contributed by atoms with Gasteiger partial charge >= 0.3 is 0 Å². The van der Waals surface area contributed by atoms with Crippen LogP contribution >= 0.6 is 79.4 Å². The summed E-state index contributed by atoms with van der Waals surface area (Å²) >= 11 is 11.9. The lowest BCUT2D eigenvalue weighted by Crippen LogP contribution is -1.93. The maximum Gasteiger partial charge on any atom is 0.146 e. The van der Waals surface area contributed by atoms with Crippen LogP contribution in [-0.4, -0.2) is 0 Å². The molecule has 0 N–H and O–H groups in total. The van der Waals surface area contributed by atoms with E-state index >= 15 is 0 Å². The van der Waals surface area contributed by atoms with Crippen LogP contribution in [0.25, 0.3) is 29.9 Å². The molecule has 0 fully saturated rings. The topological polar surface area (TPSA) is 95.2 Å². The minimum Gasteiger partial charge on any atom is -0.192 e. The van der Waals surface area contributed by atoms with Gasteiger partial charge in [0.2, 0.25) is 0 Å². The first-order valence-corrected chi connectivity index (χ1v) is 17.5. The van der Waals surface area contributed by atoms with E-state index in [1.54, 1.807) is 22.7 Å². The zero-order valence-corrected chi connectivity index (χ0v) is 26.1. The third-order valence-corrected chi connectivity index (χ3v) is 15.1. The van der Waals surface area contributed by atoms with Crippen molar-refractivity contribution < 1.29 is 0 Å². The van der Waals surface area contributed by atoms with Crippen LogP contribution in [0.1, 0.15) is 0 Å². The van der Waals surface area contributed by atoms with Gasteiger partial charge in [0, 0.05) is 45.7 Å². The first-order chi connectivity index (χ1) is 20.1. The molecule has 4 nitrogen and oxygen atoms in total. The van der Waals surface area contributed by atoms with Crippen LogP contribution in [0.15, 0.2) is 60.7 Å². The molecule has 0 radical (unpaired) electrons. The van der Waals surface area contributed by atoms with E-state index in [9.17, 15) is 0 Å². The molecule has 0 bridgehead atoms. The summed E-state index contributed by atoms with van der Waals surface area (Å²) in [5, 5.41) is 36.7. The molecule has 11 heteroatoms. The standard InChI is InChI=1S/C30H10N4S7/c31-11-15(12-32)17-1-3-19(35-17)21-5-7-23(37-21)25-9-27-29(40-25)30-28(39-27)10-26(41-30)24-8-6-22(38-24)20-4-2-18(36-20)16(13-33)14-34/h1-10H/b21-19-,22-20-,25-23-,26-24+. The Bertz CT molecular complexity index is 2650. The molecule has 7 aromatic heterocycles. The summed E-state index contributed by atoms with van der Waals surface area (Å²) in [4.78, 5) is 0. The average molecular weight is 651 g/mol. The summed E-state index contributed by atoms with van der Waals surface area (Å²) in [6.07, 6.45) is 0. The molecule has 0 atom stereocenters. The fourth-order valence-corrected chi connectivity index (χ4v) is 12.5. The van der Waals surface area contributed by atoms with Gasteiger partial charge in [0.25, 0.3) is 0 Å². The third kappa shape index (κ3) is 4.55. The first-order valence-electron chi connectivity index (χ1n) is 11.8. The monoisotopic (exact) mass is 650 g/mol. The second-order valence-corrected chi connectivity index (χ2v) is 16.1. The van der Waals surface area contributed by atoms with Gasteiger partial charge in [-0.05, 0) is 60.7 Å². The van der Waals surface area contributed by atoms with Gasteiger partial charge in [0.1, 0.15) is 35.4 Å². The predicted octanol–water partition coefficient (Wildman–Crippen LogP) is 7.97. The van der Waals surface area contributed by atoms with Gasteiger partial charge in [-0.25, -0.2) is 0 Å². The Labute approximate surface area is 258 Å². The van der Waals surface area contributed by atoms with Crippen molar-refractivity contribution in [2.24, 2.45) is 0 Å². The molecule has 0 unspecified atom stereocenters. The highest BCUT2D eigenvalue weighted by atomic mass is 32.1. The van der Waals surface area contributed by atoms with Crippen molar-refractivity contribution in [3.63, 3.8) is 0 Å². The van der Waals surface area contributed by atoms with Gasteiger partial charge in [0.05, 0.1) is 18.5 Å². The Kier molecular flexibility index (Phi) is 6.67. The summed E-state index contributed by atoms with van der Waals surface area (Å²) < 4.78 is 16.0. The molecule has 0 saturated heterocycles. The first kappa shape index (κ1) is 26.0. The van der Waals surface area contributed by atoms with E-state index < -0.39 is 0 Å². The number of nitriles is 4. The molecule has 7 heterocycles. The number of hydrogen-bond acceptors (Lipinski definition) is 11. The number of rotatable bonds is 0. The minimum atomic E-state index is 0.152. The van der Waals surface area contributed by atoms with Crippen molar-refractivity contribution in [2.45, 2.75) is 0 Å². The number of fused-ring (bicyclic) bond motifs is 3. The fourth-order valence-electron chi connectivity index (χ4n) is 4.26. The second kappa shape index (κ2) is 10.5. The highest BCUT2D eigenvalue weighted by molar-refractivity contribution is 7.37. The molecular weight excluding hydrogens is 641 g/mol. The van der Waals surface area contributed by atoms with Crippen LogP contribution in [0.5, 0.6) is 0 Å². The maximum absolute atomic E-state index is 9.17. The zero-order chi connectivity index (χ0) is 28.1. The molecule has 7 rings (SSSR count). The maximum atomic E-state index is 9.17. The number of hydrogen-bond donors (Lipinski definition) is 0. The zero-order valence-electron chi connectivity index (χ0n) is 20.4. The largest absolute Gasteiger partial charge is 0.192 e. The third-order valence-electron chi connectivity index (χ3n) is 6.16. The van der Waals surface area contributed by atoms with Gasteiger partial charge in [-0.2, -0.15) is 21.0 Å². The van der Waals surface area contributed by atoms with Crippen molar-refractivity contribution in [1.29, 1.82) is 21.0 Å². The smallest absolute Gasteiger partial charge is 0.146 e. The number of thiophene rings is 7. The van der Waals surface area contributed by atoms with E-state index in [0.29, 0.717) is 9.06 Å². The van der Waals surface area contributed by atoms with Crippen LogP contribution in [0.2, 0.25) is 0 Å². The highest BCUT2D eigenvalue weighted by Crippen LogP contribution is 2.42. The van der Waals surface area contributed by atoms with E-state index in [-0.39, 0.29) is 11.1 Å². The van der Waals surface area contributed by atoms with Gasteiger partial charge < -0.3 is 0 Å². The van der Waals surface area contributed by atoms with Crippen molar-refractivity contribution in [1.82, 2.24) is 0 Å². The molecule has 41 heavy (non-hydrogen) atoms. The molecule has 0 spiro atoms. The molecule has 0 saturated carbocycles. The van der Waals surface area contributed by atoms with Crippen LogP contribution in [0.3, 0.4) is 0 Å². The van der Waals surface area contributed by atoms with Crippen LogP contribution in [0, 0.1) is 81.6 Å². The molecule has 7 aromatic rings. The normalized spacial score (nSPS) is 14.3. The molecule has 0 amide bonds. The van der Waals surface area contributed by atoms with Gasteiger partial charge in [-0.15, -0.1) is 79.4 Å². The van der Waals surface area contributed by atoms with E-state index in [0.717, 1.165) is 18.1 Å². The Hall–Kier alpha value is -3.88. The molecule has 0 aliphatic rings. The van der Waals surface area contributed by atoms with Gasteiger partial charge in [-0.1, -0.05) is 0 Å². The molecule has 0 aliphatic heterocycles. The van der Waals surface area contributed by atoms with Crippen molar-refractivity contribution in [3.05, 3.63) is 106 Å². The second-order valence-electron chi connectivity index (χ2n) is 8.56. The molecular formula is C30H10N4S7. The van der Waals surface area contributed by atoms with E-state index in [2.05, 4.69) is 36.4 Å². The summed E-state index contributed by atoms with van der Waals surface area (Å²) in [5.41, 5.74) is 0.303. The highest BCUT2D eigenvalue weighted by Gasteiger charge is 2.10. The predicted molar refractivity (Wildman–Crippen MR) is 172 cm³/mol. The summed E-state index contributed by atoms with van der Waals surface area (Å²) in [5.74, 6) is 0. The Morgan fingerprint density at radius 3 is 1.12 bits per heavy atom. The Balaban J connectivity index is 1.38. The molecule has 0 aliphatic carbocycles. The van der Waals surface area contributed by atoms with Crippen LogP contribution < -0.4 is 9.06 Å². The molecule has 0 aromatic carbocycles. The Morgan fingerprint density at radius 2 is 0.732 bits per heavy atom. The van der Waals surface area contributed by atoms with E-state index in [1.165, 1.54) is 59.6 Å². The van der Waals surface area contributed by atoms with E-state index in [4.69, 9.17) is 21.0 Å². The van der Waals surface area contributed by atoms with Gasteiger partial charge in [0.15, 0.2) is 0 Å². The summed E-state index contributed by atoms with van der Waals surface area (Å²) in [7, 11) is 0. The van der Waals surface area contributed by atoms with Crippen molar-refractivity contribution >= 4 is 109 Å². The average Bonchev–Trinajstić information content (AvgIpc) is 3.81. The Morgan fingerprint density at radius 1 is 0.390 bits per heavy atom. The van der Waals surface area contributed by atoms with Crippen molar-refractivity contribution in [3.8, 4) is 24.3 Å². The molecule has 192 valence electrons. The quantitative estimate of drug-likeness (QED) is 0.166. The minimum absolute atomic E-state index is 0.152. The summed E-state index contributed by atoms with van der Waals surface area (Å²) in [6.45, 7) is 0. The van der Waals surface area contributed by atoms with E-state index in [1.807, 2.05) is 82.6 Å². The lowest BCUT2D eigenvalue weighted by Gasteiger charge is -1.76. The lowest BCUT2D eigenvalue weighted by molar-refractivity contribution is 1.51. The van der Waals surface area contributed by atoms with Gasteiger partial charge in [-0.3, -0.25) is 0 Å². The SMILES string of the molecule is N#CC(C#N)=c1cc/c(=c2\cc/c(=c3\cc4sc5c/c(=c6/cc/c(=c7\ccc(=C(C#N)C#N)s7)s6)sc5c4s3)s2)s1. The van der Waals surface area contributed by atoms with Crippen LogP contribution in [0.4, 0.5) is 0 Å². The number of nitrogens with zero attached hydrogens (tertiary/aromatic N) is 4. The summed E-state index contributed by atoms with van der Waals surface area (Å²) in [6, 6.07) is 28.7. The van der Waals surface area contributed by atoms with Crippen LogP contribution in [-0.2, 0) is 0 Å². The van der Waals surface area contributed by atoms with Crippen molar-refractivity contribution in [2.75, 3.05) is 0 Å². The lowest BCUT2D eigenvalue weighted by atomic mass is 10.3.